The van der Waals surface area contributed by atoms with Crippen LogP contribution < -0.4 is 16.7 Å². The fourth-order valence-electron chi connectivity index (χ4n) is 4.17. The van der Waals surface area contributed by atoms with Crippen LogP contribution in [0, 0.1) is 34.9 Å². The number of hydrogen-bond donors (Lipinski definition) is 1. The van der Waals surface area contributed by atoms with Crippen LogP contribution in [0.5, 0.6) is 0 Å². The monoisotopic (exact) mass is 618 g/mol. The van der Waals surface area contributed by atoms with Crippen LogP contribution in [0.2, 0.25) is 5.15 Å². The van der Waals surface area contributed by atoms with Gasteiger partial charge in [0.2, 0.25) is 0 Å². The fourth-order valence-corrected chi connectivity index (χ4v) is 4.35. The Balaban J connectivity index is 0.000000192. The van der Waals surface area contributed by atoms with E-state index >= 15 is 0 Å². The predicted molar refractivity (Wildman–Crippen MR) is 149 cm³/mol. The molecule has 6 rings (SSSR count). The van der Waals surface area contributed by atoms with Gasteiger partial charge in [0.1, 0.15) is 46.3 Å². The van der Waals surface area contributed by atoms with Crippen LogP contribution in [0.4, 0.5) is 26.3 Å². The van der Waals surface area contributed by atoms with Crippen molar-refractivity contribution in [1.82, 2.24) is 19.1 Å². The van der Waals surface area contributed by atoms with Crippen LogP contribution in [0.3, 0.4) is 0 Å². The minimum absolute atomic E-state index is 0. The molecule has 220 valence electrons. The van der Waals surface area contributed by atoms with Gasteiger partial charge in [-0.25, -0.2) is 31.3 Å². The molecular formula is C29H17ClF6N4O3. The van der Waals surface area contributed by atoms with Crippen molar-refractivity contribution in [3.8, 4) is 11.4 Å². The van der Waals surface area contributed by atoms with E-state index in [9.17, 15) is 40.7 Å². The molecule has 6 aromatic rings. The average molecular weight is 619 g/mol. The molecule has 0 saturated heterocycles. The largest absolute Gasteiger partial charge is 0.321 e. The third kappa shape index (κ3) is 5.66. The molecule has 0 aliphatic carbocycles. The van der Waals surface area contributed by atoms with Gasteiger partial charge in [0.25, 0.3) is 5.56 Å². The number of halogens is 7. The zero-order valence-corrected chi connectivity index (χ0v) is 21.4. The first-order valence-corrected chi connectivity index (χ1v) is 12.1. The van der Waals surface area contributed by atoms with Crippen molar-refractivity contribution in [2.45, 2.75) is 7.43 Å². The Morgan fingerprint density at radius 1 is 0.628 bits per heavy atom. The van der Waals surface area contributed by atoms with Crippen LogP contribution >= 0.6 is 11.6 Å². The Bertz CT molecular complexity index is 2170. The Kier molecular flexibility index (Phi) is 8.57. The molecule has 4 aromatic carbocycles. The van der Waals surface area contributed by atoms with E-state index < -0.39 is 68.1 Å². The van der Waals surface area contributed by atoms with Gasteiger partial charge in [-0.3, -0.25) is 23.5 Å². The van der Waals surface area contributed by atoms with Crippen LogP contribution in [0.15, 0.2) is 87.2 Å². The molecule has 7 nitrogen and oxygen atoms in total. The number of nitrogens with one attached hydrogen (secondary N) is 1. The highest BCUT2D eigenvalue weighted by Gasteiger charge is 2.19. The molecule has 0 radical (unpaired) electrons. The molecule has 2 aromatic heterocycles. The van der Waals surface area contributed by atoms with Crippen molar-refractivity contribution in [3.05, 3.63) is 144 Å². The van der Waals surface area contributed by atoms with Crippen LogP contribution in [-0.2, 0) is 0 Å². The van der Waals surface area contributed by atoms with Crippen LogP contribution in [0.1, 0.15) is 7.43 Å². The molecule has 0 atom stereocenters. The lowest BCUT2D eigenvalue weighted by molar-refractivity contribution is 0.568. The lowest BCUT2D eigenvalue weighted by atomic mass is 10.2. The first-order chi connectivity index (χ1) is 20.0. The highest BCUT2D eigenvalue weighted by Crippen LogP contribution is 2.23. The van der Waals surface area contributed by atoms with Crippen molar-refractivity contribution < 1.29 is 26.3 Å². The topological polar surface area (TPSA) is 89.8 Å². The van der Waals surface area contributed by atoms with Crippen molar-refractivity contribution in [2.24, 2.45) is 0 Å². The van der Waals surface area contributed by atoms with Gasteiger partial charge >= 0.3 is 11.1 Å². The molecule has 0 unspecified atom stereocenters. The van der Waals surface area contributed by atoms with Crippen LogP contribution in [-0.4, -0.2) is 19.1 Å². The van der Waals surface area contributed by atoms with Crippen molar-refractivity contribution >= 4 is 33.7 Å². The van der Waals surface area contributed by atoms with E-state index in [1.54, 1.807) is 0 Å². The molecular weight excluding hydrogens is 602 g/mol. The summed E-state index contributed by atoms with van der Waals surface area (Å²) in [5, 5.41) is -0.504. The van der Waals surface area contributed by atoms with E-state index in [1.807, 2.05) is 0 Å². The molecule has 0 saturated carbocycles. The molecule has 0 aliphatic rings. The Hall–Kier alpha value is -5.17. The average Bonchev–Trinajstić information content (AvgIpc) is 2.93. The number of para-hydroxylation sites is 2. The summed E-state index contributed by atoms with van der Waals surface area (Å²) in [7, 11) is 0. The summed E-state index contributed by atoms with van der Waals surface area (Å²) in [5.74, 6) is -5.15. The highest BCUT2D eigenvalue weighted by molar-refractivity contribution is 6.29. The smallest absolute Gasteiger partial charge is 0.316 e. The Morgan fingerprint density at radius 3 is 1.63 bits per heavy atom. The number of nitrogens with zero attached hydrogens (tertiary/aromatic N) is 3. The van der Waals surface area contributed by atoms with E-state index in [4.69, 9.17) is 11.6 Å². The Labute approximate surface area is 241 Å². The van der Waals surface area contributed by atoms with Crippen molar-refractivity contribution in [2.75, 3.05) is 0 Å². The molecule has 1 N–H and O–H groups in total. The Morgan fingerprint density at radius 2 is 1.09 bits per heavy atom. The van der Waals surface area contributed by atoms with Gasteiger partial charge < -0.3 is 4.98 Å². The zero-order chi connectivity index (χ0) is 30.3. The normalized spacial score (nSPS) is 10.8. The molecule has 2 heterocycles. The maximum Gasteiger partial charge on any atom is 0.321 e. The van der Waals surface area contributed by atoms with Crippen LogP contribution in [0.25, 0.3) is 33.4 Å². The lowest BCUT2D eigenvalue weighted by Gasteiger charge is -2.12. The maximum absolute atomic E-state index is 13.9. The number of H-pyrrole nitrogens is 1. The van der Waals surface area contributed by atoms with Gasteiger partial charge in [-0.2, -0.15) is 0 Å². The summed E-state index contributed by atoms with van der Waals surface area (Å²) in [6, 6.07) is 12.7. The molecule has 14 heteroatoms. The van der Waals surface area contributed by atoms with Gasteiger partial charge in [-0.05, 0) is 54.6 Å². The van der Waals surface area contributed by atoms with Gasteiger partial charge in [0.05, 0.1) is 22.1 Å². The number of aromatic nitrogens is 4. The van der Waals surface area contributed by atoms with Gasteiger partial charge in [0.15, 0.2) is 5.15 Å². The number of benzene rings is 4. The quantitative estimate of drug-likeness (QED) is 0.185. The molecule has 0 aliphatic heterocycles. The predicted octanol–water partition coefficient (Wildman–Crippen LogP) is 6.19. The standard InChI is InChI=1S/C14H6ClF3N2O.C14H7F3N2O2.CH4/c15-13-14(21)20(12-8(17)2-1-3-9(12)18)11-5-4-7(16)6-10(11)19-13;15-7-4-5-11-10(6-7)18-13(20)14(21)19(11)12-8(16)2-1-3-9(12)17;/h1-6H;1-6H,(H,18,20);1H4. The summed E-state index contributed by atoms with van der Waals surface area (Å²) in [6.45, 7) is 0. The molecule has 43 heavy (non-hydrogen) atoms. The van der Waals surface area contributed by atoms with Gasteiger partial charge in [0, 0.05) is 6.07 Å². The summed E-state index contributed by atoms with van der Waals surface area (Å²) < 4.78 is 83.4. The fraction of sp³-hybridized carbons (Fsp3) is 0.0345. The molecule has 0 bridgehead atoms. The number of rotatable bonds is 2. The maximum atomic E-state index is 13.9. The van der Waals surface area contributed by atoms with Crippen molar-refractivity contribution in [3.63, 3.8) is 0 Å². The lowest BCUT2D eigenvalue weighted by Crippen LogP contribution is -2.36. The number of fused-ring (bicyclic) bond motifs is 2. The molecule has 0 amide bonds. The van der Waals surface area contributed by atoms with E-state index in [2.05, 4.69) is 9.97 Å². The zero-order valence-electron chi connectivity index (χ0n) is 20.6. The molecule has 0 fully saturated rings. The van der Waals surface area contributed by atoms with Gasteiger partial charge in [-0.1, -0.05) is 31.2 Å². The second-order valence-electron chi connectivity index (χ2n) is 8.57. The first-order valence-electron chi connectivity index (χ1n) is 11.7. The SMILES string of the molecule is C.O=c1[nH]c2cc(F)ccc2n(-c2c(F)cccc2F)c1=O.O=c1c(Cl)nc2cc(F)ccc2n1-c1c(F)cccc1F. The third-order valence-corrected chi connectivity index (χ3v) is 6.19. The second-order valence-corrected chi connectivity index (χ2v) is 8.93. The summed E-state index contributed by atoms with van der Waals surface area (Å²) in [4.78, 5) is 41.6. The van der Waals surface area contributed by atoms with E-state index in [0.717, 1.165) is 65.2 Å². The first kappa shape index (κ1) is 30.8. The van der Waals surface area contributed by atoms with E-state index in [0.29, 0.717) is 4.57 Å². The number of aromatic amines is 1. The highest BCUT2D eigenvalue weighted by atomic mass is 35.5. The van der Waals surface area contributed by atoms with Crippen molar-refractivity contribution in [1.29, 1.82) is 0 Å². The van der Waals surface area contributed by atoms with E-state index in [1.165, 1.54) is 12.1 Å². The minimum atomic E-state index is -1.15. The molecule has 0 spiro atoms. The second kappa shape index (κ2) is 12.0. The van der Waals surface area contributed by atoms with Gasteiger partial charge in [-0.15, -0.1) is 0 Å². The summed E-state index contributed by atoms with van der Waals surface area (Å²) in [5.41, 5.74) is -4.38. The summed E-state index contributed by atoms with van der Waals surface area (Å²) >= 11 is 5.69. The third-order valence-electron chi connectivity index (χ3n) is 5.94. The minimum Gasteiger partial charge on any atom is -0.316 e. The van der Waals surface area contributed by atoms with E-state index in [-0.39, 0.29) is 29.5 Å². The summed E-state index contributed by atoms with van der Waals surface area (Å²) in [6.07, 6.45) is 0. The number of hydrogen-bond acceptors (Lipinski definition) is 4.